The van der Waals surface area contributed by atoms with Crippen molar-refractivity contribution in [2.24, 2.45) is 0 Å². The van der Waals surface area contributed by atoms with Crippen LogP contribution in [0, 0.1) is 0 Å². The molecule has 1 atom stereocenters. The number of amides is 2. The van der Waals surface area contributed by atoms with Gasteiger partial charge in [-0.05, 0) is 43.7 Å². The van der Waals surface area contributed by atoms with E-state index < -0.39 is 5.60 Å². The summed E-state index contributed by atoms with van der Waals surface area (Å²) in [6, 6.07) is 1.77. The van der Waals surface area contributed by atoms with Crippen molar-refractivity contribution >= 4 is 12.0 Å². The minimum Gasteiger partial charge on any atom is -0.441 e. The number of fused-ring (bicyclic) bond motifs is 1. The van der Waals surface area contributed by atoms with Crippen molar-refractivity contribution in [2.45, 2.75) is 44.1 Å². The highest BCUT2D eigenvalue weighted by Gasteiger charge is 2.42. The number of hydrogen-bond donors (Lipinski definition) is 2. The molecule has 1 spiro atoms. The largest absolute Gasteiger partial charge is 0.441 e. The Bertz CT molecular complexity index is 757. The summed E-state index contributed by atoms with van der Waals surface area (Å²) in [5.41, 5.74) is 1.48. The average Bonchev–Trinajstić information content (AvgIpc) is 3.09. The number of nitrogens with zero attached hydrogens (tertiary/aromatic N) is 1. The van der Waals surface area contributed by atoms with Gasteiger partial charge < -0.3 is 19.9 Å². The second-order valence-electron chi connectivity index (χ2n) is 6.94. The lowest BCUT2D eigenvalue weighted by atomic mass is 9.95. The van der Waals surface area contributed by atoms with E-state index in [1.165, 1.54) is 0 Å². The number of H-pyrrole nitrogens is 1. The molecular formula is C17H21N3O4. The monoisotopic (exact) mass is 331 g/mol. The summed E-state index contributed by atoms with van der Waals surface area (Å²) in [7, 11) is 0. The van der Waals surface area contributed by atoms with Crippen LogP contribution in [0.4, 0.5) is 4.79 Å². The van der Waals surface area contributed by atoms with Gasteiger partial charge in [-0.15, -0.1) is 0 Å². The zero-order chi connectivity index (χ0) is 16.7. The maximum atomic E-state index is 12.8. The van der Waals surface area contributed by atoms with E-state index >= 15 is 0 Å². The normalized spacial score (nSPS) is 26.0. The zero-order valence-corrected chi connectivity index (χ0v) is 13.5. The number of aromatic nitrogens is 1. The molecule has 2 aliphatic heterocycles. The summed E-state index contributed by atoms with van der Waals surface area (Å²) in [5, 5.41) is 2.70. The van der Waals surface area contributed by atoms with Gasteiger partial charge in [0.2, 0.25) is 0 Å². The highest BCUT2D eigenvalue weighted by molar-refractivity contribution is 5.94. The molecule has 3 heterocycles. The maximum absolute atomic E-state index is 12.8. The van der Waals surface area contributed by atoms with E-state index in [1.54, 1.807) is 11.0 Å². The fourth-order valence-corrected chi connectivity index (χ4v) is 3.99. The van der Waals surface area contributed by atoms with Crippen LogP contribution in [-0.4, -0.2) is 47.1 Å². The van der Waals surface area contributed by atoms with E-state index in [-0.39, 0.29) is 23.1 Å². The Morgan fingerprint density at radius 2 is 2.04 bits per heavy atom. The number of alkyl carbamates (subject to hydrolysis) is 1. The Labute approximate surface area is 139 Å². The van der Waals surface area contributed by atoms with Crippen molar-refractivity contribution in [3.05, 3.63) is 33.2 Å². The van der Waals surface area contributed by atoms with Gasteiger partial charge in [-0.2, -0.15) is 0 Å². The lowest BCUT2D eigenvalue weighted by molar-refractivity contribution is 0.0438. The van der Waals surface area contributed by atoms with E-state index in [9.17, 15) is 14.4 Å². The molecule has 0 bridgehead atoms. The minimum atomic E-state index is -0.504. The Hall–Kier alpha value is -2.31. The molecule has 1 aromatic rings. The Balaban J connectivity index is 1.53. The molecule has 7 heteroatoms. The Kier molecular flexibility index (Phi) is 3.58. The van der Waals surface area contributed by atoms with E-state index in [0.29, 0.717) is 26.1 Å². The van der Waals surface area contributed by atoms with Crippen LogP contribution >= 0.6 is 0 Å². The van der Waals surface area contributed by atoms with Crippen LogP contribution in [0.3, 0.4) is 0 Å². The minimum absolute atomic E-state index is 0.222. The molecule has 128 valence electrons. The van der Waals surface area contributed by atoms with Crippen LogP contribution in [0.15, 0.2) is 10.9 Å². The smallest absolute Gasteiger partial charge is 0.407 e. The number of likely N-dealkylation sites (tertiary alicyclic amines) is 1. The number of rotatable bonds is 1. The third kappa shape index (κ3) is 2.57. The van der Waals surface area contributed by atoms with E-state index in [0.717, 1.165) is 43.4 Å². The highest BCUT2D eigenvalue weighted by atomic mass is 16.6. The number of carbonyl (C=O) groups is 2. The van der Waals surface area contributed by atoms with Crippen molar-refractivity contribution in [1.29, 1.82) is 0 Å². The Morgan fingerprint density at radius 1 is 1.17 bits per heavy atom. The van der Waals surface area contributed by atoms with E-state index in [2.05, 4.69) is 10.3 Å². The van der Waals surface area contributed by atoms with Crippen LogP contribution in [0.25, 0.3) is 0 Å². The molecule has 2 amide bonds. The number of hydrogen-bond acceptors (Lipinski definition) is 4. The van der Waals surface area contributed by atoms with Crippen LogP contribution < -0.4 is 10.9 Å². The molecule has 3 aliphatic rings. The second-order valence-corrected chi connectivity index (χ2v) is 6.94. The molecule has 0 radical (unpaired) electrons. The number of aryl methyl sites for hydroxylation is 2. The SMILES string of the molecule is O=C1NC[C@]2(CCCN(C(=O)c3cc4c([nH]c3=O)CCC4)CC2)O1. The molecule has 2 saturated heterocycles. The van der Waals surface area contributed by atoms with Crippen molar-refractivity contribution < 1.29 is 14.3 Å². The second kappa shape index (κ2) is 5.65. The van der Waals surface area contributed by atoms with Crippen LogP contribution in [-0.2, 0) is 17.6 Å². The van der Waals surface area contributed by atoms with Gasteiger partial charge in [-0.1, -0.05) is 0 Å². The molecule has 0 aromatic carbocycles. The first kappa shape index (κ1) is 15.2. The maximum Gasteiger partial charge on any atom is 0.407 e. The summed E-state index contributed by atoms with van der Waals surface area (Å²) in [5.74, 6) is -0.222. The van der Waals surface area contributed by atoms with Crippen LogP contribution in [0.1, 0.15) is 47.3 Å². The lowest BCUT2D eigenvalue weighted by Crippen LogP contribution is -2.38. The molecule has 1 aliphatic carbocycles. The lowest BCUT2D eigenvalue weighted by Gasteiger charge is -2.25. The van der Waals surface area contributed by atoms with Gasteiger partial charge in [0.05, 0.1) is 6.54 Å². The fourth-order valence-electron chi connectivity index (χ4n) is 3.99. The summed E-state index contributed by atoms with van der Waals surface area (Å²) in [6.45, 7) is 1.56. The molecule has 7 nitrogen and oxygen atoms in total. The number of nitrogens with one attached hydrogen (secondary N) is 2. The summed E-state index contributed by atoms with van der Waals surface area (Å²) in [4.78, 5) is 41.0. The molecule has 2 N–H and O–H groups in total. The first-order chi connectivity index (χ1) is 11.6. The summed E-state index contributed by atoms with van der Waals surface area (Å²) in [6.07, 6.45) is 4.51. The van der Waals surface area contributed by atoms with Gasteiger partial charge >= 0.3 is 6.09 Å². The van der Waals surface area contributed by atoms with Crippen LogP contribution in [0.2, 0.25) is 0 Å². The van der Waals surface area contributed by atoms with Gasteiger partial charge in [-0.25, -0.2) is 4.79 Å². The summed E-state index contributed by atoms with van der Waals surface area (Å²) >= 11 is 0. The average molecular weight is 331 g/mol. The van der Waals surface area contributed by atoms with Crippen LogP contribution in [0.5, 0.6) is 0 Å². The third-order valence-corrected chi connectivity index (χ3v) is 5.37. The number of ether oxygens (including phenoxy) is 1. The number of carbonyl (C=O) groups excluding carboxylic acids is 2. The molecular weight excluding hydrogens is 310 g/mol. The molecule has 2 fully saturated rings. The first-order valence-corrected chi connectivity index (χ1v) is 8.58. The molecule has 4 rings (SSSR count). The summed E-state index contributed by atoms with van der Waals surface area (Å²) < 4.78 is 5.43. The predicted octanol–water partition coefficient (Wildman–Crippen LogP) is 0.968. The zero-order valence-electron chi connectivity index (χ0n) is 13.5. The fraction of sp³-hybridized carbons (Fsp3) is 0.588. The van der Waals surface area contributed by atoms with Crippen molar-refractivity contribution in [3.63, 3.8) is 0 Å². The number of aromatic amines is 1. The molecule has 1 aromatic heterocycles. The molecule has 0 unspecified atom stereocenters. The van der Waals surface area contributed by atoms with E-state index in [1.807, 2.05) is 0 Å². The first-order valence-electron chi connectivity index (χ1n) is 8.58. The predicted molar refractivity (Wildman–Crippen MR) is 86.1 cm³/mol. The quantitative estimate of drug-likeness (QED) is 0.802. The Morgan fingerprint density at radius 3 is 2.83 bits per heavy atom. The van der Waals surface area contributed by atoms with Gasteiger partial charge in [-0.3, -0.25) is 9.59 Å². The topological polar surface area (TPSA) is 91.5 Å². The third-order valence-electron chi connectivity index (χ3n) is 5.37. The molecule has 0 saturated carbocycles. The van der Waals surface area contributed by atoms with Gasteiger partial charge in [0.1, 0.15) is 11.2 Å². The van der Waals surface area contributed by atoms with Gasteiger partial charge in [0, 0.05) is 25.2 Å². The van der Waals surface area contributed by atoms with Crippen molar-refractivity contribution in [2.75, 3.05) is 19.6 Å². The van der Waals surface area contributed by atoms with Gasteiger partial charge in [0.15, 0.2) is 0 Å². The molecule has 24 heavy (non-hydrogen) atoms. The van der Waals surface area contributed by atoms with Crippen molar-refractivity contribution in [1.82, 2.24) is 15.2 Å². The number of pyridine rings is 1. The standard InChI is InChI=1S/C17H21N3O4/c21-14-12(9-11-3-1-4-13(11)19-14)15(22)20-7-2-5-17(6-8-20)10-18-16(23)24-17/h9H,1-8,10H2,(H,18,23)(H,19,21)/t17-/m1/s1. The van der Waals surface area contributed by atoms with E-state index in [4.69, 9.17) is 4.74 Å². The highest BCUT2D eigenvalue weighted by Crippen LogP contribution is 2.29. The van der Waals surface area contributed by atoms with Crippen molar-refractivity contribution in [3.8, 4) is 0 Å². The van der Waals surface area contributed by atoms with Gasteiger partial charge in [0.25, 0.3) is 11.5 Å².